The van der Waals surface area contributed by atoms with Gasteiger partial charge in [-0.15, -0.1) is 0 Å². The molecule has 0 aliphatic heterocycles. The summed E-state index contributed by atoms with van der Waals surface area (Å²) in [7, 11) is -4.60. The van der Waals surface area contributed by atoms with Gasteiger partial charge in [0.25, 0.3) is 0 Å². The molecule has 0 bridgehead atoms. The fourth-order valence-electron chi connectivity index (χ4n) is 8.96. The summed E-state index contributed by atoms with van der Waals surface area (Å²) >= 11 is 0. The smallest absolute Gasteiger partial charge is 0.393 e. The molecule has 6 unspecified atom stereocenters. The van der Waals surface area contributed by atoms with Crippen LogP contribution >= 0.6 is 0 Å². The lowest BCUT2D eigenvalue weighted by Gasteiger charge is -2.63. The molecule has 11 atom stereocenters. The molecule has 9 nitrogen and oxygen atoms in total. The third-order valence-corrected chi connectivity index (χ3v) is 11.2. The van der Waals surface area contributed by atoms with Gasteiger partial charge in [-0.05, 0) is 97.7 Å². The molecule has 5 N–H and O–H groups in total. The van der Waals surface area contributed by atoms with Crippen LogP contribution < -0.4 is 5.32 Å². The summed E-state index contributed by atoms with van der Waals surface area (Å²) in [5, 5.41) is 35.5. The van der Waals surface area contributed by atoms with Gasteiger partial charge in [0, 0.05) is 6.42 Å². The average Bonchev–Trinajstić information content (AvgIpc) is 3.12. The van der Waals surface area contributed by atoms with E-state index in [9.17, 15) is 28.5 Å². The molecule has 1 amide bonds. The van der Waals surface area contributed by atoms with E-state index in [2.05, 4.69) is 30.3 Å². The number of carbonyl (C=O) groups is 1. The van der Waals surface area contributed by atoms with Crippen LogP contribution in [0, 0.1) is 46.3 Å². The molecule has 4 aliphatic carbocycles. The Balaban J connectivity index is 1.43. The number of hydrogen-bond acceptors (Lipinski definition) is 7. The quantitative estimate of drug-likeness (QED) is 0.255. The molecular formula is C25H43NO8S. The maximum absolute atomic E-state index is 12.1. The molecule has 0 spiro atoms. The number of carbonyl (C=O) groups excluding carboxylic acids is 1. The largest absolute Gasteiger partial charge is 0.399 e. The first kappa shape index (κ1) is 27.3. The summed E-state index contributed by atoms with van der Waals surface area (Å²) < 4.78 is 34.0. The number of rotatable bonds is 7. The highest BCUT2D eigenvalue weighted by atomic mass is 32.3. The molecule has 4 fully saturated rings. The predicted molar refractivity (Wildman–Crippen MR) is 128 cm³/mol. The summed E-state index contributed by atoms with van der Waals surface area (Å²) in [6.07, 6.45) is 5.39. The summed E-state index contributed by atoms with van der Waals surface area (Å²) in [6.45, 7) is 6.00. The van der Waals surface area contributed by atoms with Gasteiger partial charge in [0.1, 0.15) is 6.73 Å². The van der Waals surface area contributed by atoms with E-state index in [4.69, 9.17) is 4.55 Å². The van der Waals surface area contributed by atoms with Gasteiger partial charge in [0.15, 0.2) is 0 Å². The van der Waals surface area contributed by atoms with Crippen LogP contribution in [0.15, 0.2) is 0 Å². The summed E-state index contributed by atoms with van der Waals surface area (Å²) in [5.74, 6) is 0.941. The number of hydrogen-bond donors (Lipinski definition) is 5. The average molecular weight is 518 g/mol. The number of aliphatic hydroxyl groups is 3. The zero-order valence-electron chi connectivity index (χ0n) is 21.1. The Morgan fingerprint density at radius 1 is 1.09 bits per heavy atom. The standard InChI is InChI=1S/C25H43NO8S/c1-14(4-7-22(30)26-13-34-35(31,32)33)17-5-6-18-23-19(12-21(29)25(17,18)3)24(2)9-8-16(27)10-15(24)11-20(23)28/h14-21,23,27-29H,4-13H2,1-3H3,(H,26,30)(H,31,32,33)/t14?,15?,16-,17?,18+,19+,20-,21+,23?,24?,25?/m1/s1. The Morgan fingerprint density at radius 2 is 1.80 bits per heavy atom. The zero-order chi connectivity index (χ0) is 25.8. The summed E-state index contributed by atoms with van der Waals surface area (Å²) in [4.78, 5) is 12.1. The van der Waals surface area contributed by atoms with E-state index in [1.165, 1.54) is 0 Å². The van der Waals surface area contributed by atoms with Gasteiger partial charge >= 0.3 is 10.4 Å². The van der Waals surface area contributed by atoms with Crippen molar-refractivity contribution in [2.24, 2.45) is 46.3 Å². The summed E-state index contributed by atoms with van der Waals surface area (Å²) in [5.41, 5.74) is -0.291. The van der Waals surface area contributed by atoms with Crippen molar-refractivity contribution < 1.29 is 37.3 Å². The molecule has 0 aromatic carbocycles. The minimum atomic E-state index is -4.60. The highest BCUT2D eigenvalue weighted by Gasteiger charge is 2.65. The maximum Gasteiger partial charge on any atom is 0.399 e. The molecule has 10 heteroatoms. The zero-order valence-corrected chi connectivity index (χ0v) is 21.9. The Bertz CT molecular complexity index is 898. The van der Waals surface area contributed by atoms with Crippen molar-refractivity contribution in [2.75, 3.05) is 6.73 Å². The van der Waals surface area contributed by atoms with Crippen LogP contribution in [0.3, 0.4) is 0 Å². The van der Waals surface area contributed by atoms with Crippen molar-refractivity contribution in [1.82, 2.24) is 5.32 Å². The molecular weight excluding hydrogens is 474 g/mol. The fraction of sp³-hybridized carbons (Fsp3) is 0.960. The Hall–Kier alpha value is -0.780. The topological polar surface area (TPSA) is 153 Å². The third-order valence-electron chi connectivity index (χ3n) is 10.8. The van der Waals surface area contributed by atoms with Gasteiger partial charge in [-0.25, -0.2) is 4.18 Å². The van der Waals surface area contributed by atoms with Crippen molar-refractivity contribution in [3.63, 3.8) is 0 Å². The Kier molecular flexibility index (Phi) is 7.66. The molecule has 0 saturated heterocycles. The molecule has 0 aromatic heterocycles. The number of amides is 1. The predicted octanol–water partition coefficient (Wildman–Crippen LogP) is 2.26. The van der Waals surface area contributed by atoms with Crippen LogP contribution in [0.1, 0.15) is 78.6 Å². The molecule has 0 heterocycles. The van der Waals surface area contributed by atoms with Gasteiger partial charge in [0.2, 0.25) is 5.91 Å². The number of nitrogens with one attached hydrogen (secondary N) is 1. The van der Waals surface area contributed by atoms with Crippen molar-refractivity contribution in [3.8, 4) is 0 Å². The van der Waals surface area contributed by atoms with Crippen LogP contribution in [0.5, 0.6) is 0 Å². The number of aliphatic hydroxyl groups excluding tert-OH is 3. The van der Waals surface area contributed by atoms with Crippen molar-refractivity contribution in [1.29, 1.82) is 0 Å². The Labute approximate surface area is 209 Å². The molecule has 0 aromatic rings. The monoisotopic (exact) mass is 517 g/mol. The minimum Gasteiger partial charge on any atom is -0.393 e. The van der Waals surface area contributed by atoms with Crippen LogP contribution in [0.2, 0.25) is 0 Å². The van der Waals surface area contributed by atoms with Gasteiger partial charge in [0.05, 0.1) is 18.3 Å². The van der Waals surface area contributed by atoms with Crippen LogP contribution in [-0.4, -0.2) is 59.2 Å². The first-order chi connectivity index (χ1) is 16.3. The van der Waals surface area contributed by atoms with Gasteiger partial charge in [-0.2, -0.15) is 8.42 Å². The van der Waals surface area contributed by atoms with E-state index in [0.29, 0.717) is 18.8 Å². The minimum absolute atomic E-state index is 0.0390. The SMILES string of the molecule is CC(CCC(=O)NCOS(=O)(=O)O)C1CC[C@H]2C3[C@H](O)CC4C[C@H](O)CCC4(C)[C@H]3C[C@H](O)C12C. The van der Waals surface area contributed by atoms with Crippen LogP contribution in [0.4, 0.5) is 0 Å². The second kappa shape index (κ2) is 9.83. The fourth-order valence-corrected chi connectivity index (χ4v) is 9.17. The van der Waals surface area contributed by atoms with Crippen molar-refractivity contribution in [2.45, 2.75) is 96.9 Å². The molecule has 4 rings (SSSR count). The van der Waals surface area contributed by atoms with Gasteiger partial charge in [-0.1, -0.05) is 20.8 Å². The van der Waals surface area contributed by atoms with E-state index in [0.717, 1.165) is 38.5 Å². The summed E-state index contributed by atoms with van der Waals surface area (Å²) in [6, 6.07) is 0. The van der Waals surface area contributed by atoms with E-state index >= 15 is 0 Å². The highest BCUT2D eigenvalue weighted by molar-refractivity contribution is 7.80. The van der Waals surface area contributed by atoms with E-state index in [-0.39, 0.29) is 58.9 Å². The molecule has 4 aliphatic rings. The lowest BCUT2D eigenvalue weighted by atomic mass is 9.43. The second-order valence-corrected chi connectivity index (χ2v) is 13.4. The van der Waals surface area contributed by atoms with Crippen LogP contribution in [-0.2, 0) is 19.4 Å². The van der Waals surface area contributed by atoms with Crippen molar-refractivity contribution in [3.05, 3.63) is 0 Å². The van der Waals surface area contributed by atoms with E-state index in [1.54, 1.807) is 0 Å². The molecule has 0 radical (unpaired) electrons. The third kappa shape index (κ3) is 5.03. The molecule has 202 valence electrons. The maximum atomic E-state index is 12.1. The van der Waals surface area contributed by atoms with Crippen LogP contribution in [0.25, 0.3) is 0 Å². The first-order valence-electron chi connectivity index (χ1n) is 13.2. The van der Waals surface area contributed by atoms with E-state index < -0.39 is 29.3 Å². The number of fused-ring (bicyclic) bond motifs is 5. The van der Waals surface area contributed by atoms with Gasteiger partial charge < -0.3 is 20.6 Å². The molecule has 4 saturated carbocycles. The lowest BCUT2D eigenvalue weighted by Crippen LogP contribution is -2.62. The second-order valence-electron chi connectivity index (χ2n) is 12.3. The van der Waals surface area contributed by atoms with Gasteiger partial charge in [-0.3, -0.25) is 9.35 Å². The van der Waals surface area contributed by atoms with Crippen molar-refractivity contribution >= 4 is 16.3 Å². The first-order valence-corrected chi connectivity index (χ1v) is 14.6. The molecule has 35 heavy (non-hydrogen) atoms. The lowest BCUT2D eigenvalue weighted by molar-refractivity contribution is -0.207. The normalized spacial score (nSPS) is 46.3. The Morgan fingerprint density at radius 3 is 2.49 bits per heavy atom. The van der Waals surface area contributed by atoms with E-state index in [1.807, 2.05) is 0 Å². The highest BCUT2D eigenvalue weighted by Crippen LogP contribution is 2.68.